The molecule has 0 aromatic heterocycles. The number of aliphatic hydroxyl groups excluding tert-OH is 1. The quantitative estimate of drug-likeness (QED) is 0.711. The van der Waals surface area contributed by atoms with Crippen molar-refractivity contribution in [1.82, 2.24) is 0 Å². The zero-order valence-corrected chi connectivity index (χ0v) is 14.1. The fourth-order valence-corrected chi connectivity index (χ4v) is 4.87. The second-order valence-corrected chi connectivity index (χ2v) is 7.70. The van der Waals surface area contributed by atoms with Crippen molar-refractivity contribution in [3.63, 3.8) is 0 Å². The van der Waals surface area contributed by atoms with E-state index in [1.807, 2.05) is 0 Å². The zero-order chi connectivity index (χ0) is 17.1. The molecule has 4 heteroatoms. The van der Waals surface area contributed by atoms with Gasteiger partial charge in [0.2, 0.25) is 0 Å². The van der Waals surface area contributed by atoms with Crippen LogP contribution in [0.5, 0.6) is 0 Å². The van der Waals surface area contributed by atoms with E-state index >= 15 is 0 Å². The van der Waals surface area contributed by atoms with Gasteiger partial charge in [-0.2, -0.15) is 0 Å². The summed E-state index contributed by atoms with van der Waals surface area (Å²) in [5.74, 6) is -1.20. The molecule has 0 atom stereocenters. The number of hydrogen-bond donors (Lipinski definition) is 1. The summed E-state index contributed by atoms with van der Waals surface area (Å²) < 4.78 is 40.0. The molecule has 0 aliphatic heterocycles. The van der Waals surface area contributed by atoms with Crippen molar-refractivity contribution in [3.8, 4) is 0 Å². The lowest BCUT2D eigenvalue weighted by atomic mass is 9.68. The lowest BCUT2D eigenvalue weighted by Gasteiger charge is -2.38. The molecular formula is C20H27F3O. The summed E-state index contributed by atoms with van der Waals surface area (Å²) in [6, 6.07) is 2.34. The van der Waals surface area contributed by atoms with Gasteiger partial charge in [0, 0.05) is 6.61 Å². The number of aliphatic hydroxyl groups is 1. The van der Waals surface area contributed by atoms with E-state index in [2.05, 4.69) is 0 Å². The van der Waals surface area contributed by atoms with Gasteiger partial charge in [-0.1, -0.05) is 12.8 Å². The number of halogens is 3. The first-order chi connectivity index (χ1) is 11.6. The smallest absolute Gasteiger partial charge is 0.194 e. The third kappa shape index (κ3) is 3.96. The van der Waals surface area contributed by atoms with E-state index in [4.69, 9.17) is 5.11 Å². The Kier molecular flexibility index (Phi) is 5.85. The average molecular weight is 340 g/mol. The van der Waals surface area contributed by atoms with Crippen molar-refractivity contribution in [2.45, 2.75) is 63.7 Å². The van der Waals surface area contributed by atoms with Crippen LogP contribution in [-0.2, 0) is 0 Å². The molecule has 0 radical (unpaired) electrons. The molecule has 0 amide bonds. The Labute approximate surface area is 142 Å². The van der Waals surface area contributed by atoms with Crippen LogP contribution in [0.4, 0.5) is 13.2 Å². The molecule has 1 nitrogen and oxygen atoms in total. The molecule has 3 rings (SSSR count). The van der Waals surface area contributed by atoms with E-state index in [0.717, 1.165) is 38.0 Å². The highest BCUT2D eigenvalue weighted by Gasteiger charge is 2.31. The molecule has 0 saturated heterocycles. The van der Waals surface area contributed by atoms with Crippen LogP contribution in [0.1, 0.15) is 69.3 Å². The van der Waals surface area contributed by atoms with Gasteiger partial charge < -0.3 is 5.11 Å². The van der Waals surface area contributed by atoms with Crippen LogP contribution in [0.15, 0.2) is 12.1 Å². The Balaban J connectivity index is 1.53. The van der Waals surface area contributed by atoms with E-state index in [-0.39, 0.29) is 5.92 Å². The Morgan fingerprint density at radius 3 is 1.79 bits per heavy atom. The largest absolute Gasteiger partial charge is 0.396 e. The van der Waals surface area contributed by atoms with E-state index < -0.39 is 17.5 Å². The summed E-state index contributed by atoms with van der Waals surface area (Å²) in [5, 5.41) is 9.05. The number of benzene rings is 1. The molecule has 2 aliphatic carbocycles. The van der Waals surface area contributed by atoms with Crippen molar-refractivity contribution < 1.29 is 18.3 Å². The molecule has 1 aromatic carbocycles. The van der Waals surface area contributed by atoms with Gasteiger partial charge in [0.1, 0.15) is 0 Å². The van der Waals surface area contributed by atoms with Crippen LogP contribution in [0, 0.1) is 35.2 Å². The highest BCUT2D eigenvalue weighted by atomic mass is 19.2. The Morgan fingerprint density at radius 1 is 0.792 bits per heavy atom. The van der Waals surface area contributed by atoms with Gasteiger partial charge in [0.25, 0.3) is 0 Å². The van der Waals surface area contributed by atoms with Crippen molar-refractivity contribution >= 4 is 0 Å². The summed E-state index contributed by atoms with van der Waals surface area (Å²) in [7, 11) is 0. The van der Waals surface area contributed by atoms with Gasteiger partial charge in [0.15, 0.2) is 17.5 Å². The summed E-state index contributed by atoms with van der Waals surface area (Å²) in [4.78, 5) is 0. The molecule has 2 aliphatic rings. The van der Waals surface area contributed by atoms with Crippen LogP contribution in [0.25, 0.3) is 0 Å². The van der Waals surface area contributed by atoms with E-state index in [0.29, 0.717) is 24.0 Å². The maximum absolute atomic E-state index is 13.4. The minimum Gasteiger partial charge on any atom is -0.396 e. The lowest BCUT2D eigenvalue weighted by molar-refractivity contribution is 0.144. The second-order valence-electron chi connectivity index (χ2n) is 7.70. The molecule has 134 valence electrons. The van der Waals surface area contributed by atoms with Crippen molar-refractivity contribution in [2.75, 3.05) is 6.61 Å². The fraction of sp³-hybridized carbons (Fsp3) is 0.700. The lowest BCUT2D eigenvalue weighted by Crippen LogP contribution is -2.25. The fourth-order valence-electron chi connectivity index (χ4n) is 4.87. The van der Waals surface area contributed by atoms with Gasteiger partial charge in [-0.15, -0.1) is 0 Å². The topological polar surface area (TPSA) is 20.2 Å². The van der Waals surface area contributed by atoms with Gasteiger partial charge in [0.05, 0.1) is 0 Å². The predicted molar refractivity (Wildman–Crippen MR) is 88.2 cm³/mol. The molecule has 0 spiro atoms. The van der Waals surface area contributed by atoms with Crippen molar-refractivity contribution in [1.29, 1.82) is 0 Å². The maximum atomic E-state index is 13.4. The zero-order valence-electron chi connectivity index (χ0n) is 14.1. The third-order valence-electron chi connectivity index (χ3n) is 6.34. The first-order valence-electron chi connectivity index (χ1n) is 9.33. The van der Waals surface area contributed by atoms with Crippen LogP contribution >= 0.6 is 0 Å². The van der Waals surface area contributed by atoms with Crippen molar-refractivity contribution in [3.05, 3.63) is 35.1 Å². The predicted octanol–water partition coefficient (Wildman–Crippen LogP) is 5.57. The van der Waals surface area contributed by atoms with E-state index in [1.54, 1.807) is 0 Å². The summed E-state index contributed by atoms with van der Waals surface area (Å²) in [6.45, 7) is 0.297. The van der Waals surface area contributed by atoms with Gasteiger partial charge in [-0.25, -0.2) is 13.2 Å². The molecule has 1 aromatic rings. The Bertz CT molecular complexity index is 521. The summed E-state index contributed by atoms with van der Waals surface area (Å²) in [6.07, 6.45) is 9.94. The Hall–Kier alpha value is -1.03. The monoisotopic (exact) mass is 340 g/mol. The second kappa shape index (κ2) is 7.90. The van der Waals surface area contributed by atoms with Gasteiger partial charge in [-0.05, 0) is 86.3 Å². The van der Waals surface area contributed by atoms with Crippen LogP contribution in [0.3, 0.4) is 0 Å². The number of hydrogen-bond acceptors (Lipinski definition) is 1. The molecule has 24 heavy (non-hydrogen) atoms. The van der Waals surface area contributed by atoms with Crippen LogP contribution in [-0.4, -0.2) is 11.7 Å². The maximum Gasteiger partial charge on any atom is 0.194 e. The summed E-state index contributed by atoms with van der Waals surface area (Å²) >= 11 is 0. The van der Waals surface area contributed by atoms with E-state index in [1.165, 1.54) is 37.8 Å². The molecule has 1 N–H and O–H groups in total. The first-order valence-corrected chi connectivity index (χ1v) is 9.33. The minimum absolute atomic E-state index is 0.150. The summed E-state index contributed by atoms with van der Waals surface area (Å²) in [5.41, 5.74) is 0.608. The van der Waals surface area contributed by atoms with Crippen molar-refractivity contribution in [2.24, 2.45) is 17.8 Å². The van der Waals surface area contributed by atoms with Crippen LogP contribution < -0.4 is 0 Å². The normalized spacial score (nSPS) is 31.2. The molecule has 0 bridgehead atoms. The van der Waals surface area contributed by atoms with Gasteiger partial charge in [-0.3, -0.25) is 0 Å². The third-order valence-corrected chi connectivity index (χ3v) is 6.34. The minimum atomic E-state index is -1.37. The standard InChI is InChI=1S/C20H27F3O/c21-18-11-17(12-19(22)20(18)23)16-7-5-15(6-8-16)14-3-1-13(2-4-14)9-10-24/h11-16,24H,1-10H2. The SMILES string of the molecule is OCCC1CCC(C2CCC(c3cc(F)c(F)c(F)c3)CC2)CC1. The van der Waals surface area contributed by atoms with Gasteiger partial charge >= 0.3 is 0 Å². The first kappa shape index (κ1) is 17.8. The molecule has 2 saturated carbocycles. The molecule has 0 heterocycles. The van der Waals surface area contributed by atoms with E-state index in [9.17, 15) is 13.2 Å². The molecule has 2 fully saturated rings. The van der Waals surface area contributed by atoms with Crippen LogP contribution in [0.2, 0.25) is 0 Å². The molecule has 0 unspecified atom stereocenters. The highest BCUT2D eigenvalue weighted by molar-refractivity contribution is 5.23. The average Bonchev–Trinajstić information content (AvgIpc) is 2.60. The number of rotatable bonds is 4. The Morgan fingerprint density at radius 2 is 1.29 bits per heavy atom. The molecular weight excluding hydrogens is 313 g/mol. The highest BCUT2D eigenvalue weighted by Crippen LogP contribution is 2.44.